The Hall–Kier alpha value is -3.43. The Morgan fingerprint density at radius 3 is 2.97 bits per heavy atom. The average molecular weight is 424 g/mol. The monoisotopic (exact) mass is 424 g/mol. The molecule has 1 saturated carbocycles. The van der Waals surface area contributed by atoms with Crippen LogP contribution in [0.3, 0.4) is 0 Å². The molecule has 0 saturated heterocycles. The van der Waals surface area contributed by atoms with Crippen molar-refractivity contribution in [3.05, 3.63) is 41.6 Å². The van der Waals surface area contributed by atoms with E-state index in [2.05, 4.69) is 20.3 Å². The van der Waals surface area contributed by atoms with Crippen LogP contribution in [-0.4, -0.2) is 50.3 Å². The van der Waals surface area contributed by atoms with Crippen LogP contribution in [0, 0.1) is 5.82 Å². The minimum Gasteiger partial charge on any atom is -0.486 e. The van der Waals surface area contributed by atoms with E-state index in [1.807, 2.05) is 6.92 Å². The van der Waals surface area contributed by atoms with E-state index in [1.54, 1.807) is 10.7 Å². The Labute approximate surface area is 177 Å². The van der Waals surface area contributed by atoms with Crippen LogP contribution in [0.1, 0.15) is 42.1 Å². The molecule has 5 heterocycles. The summed E-state index contributed by atoms with van der Waals surface area (Å²) in [6, 6.07) is 1.16. The molecule has 0 radical (unpaired) electrons. The summed E-state index contributed by atoms with van der Waals surface area (Å²) >= 11 is 0. The third kappa shape index (κ3) is 2.81. The van der Waals surface area contributed by atoms with Gasteiger partial charge in [-0.3, -0.25) is 4.79 Å². The second-order valence-electron chi connectivity index (χ2n) is 8.51. The van der Waals surface area contributed by atoms with E-state index in [1.165, 1.54) is 12.3 Å². The first-order valence-corrected chi connectivity index (χ1v) is 10.4. The molecule has 0 unspecified atom stereocenters. The van der Waals surface area contributed by atoms with Gasteiger partial charge in [0.2, 0.25) is 5.88 Å². The molecule has 1 fully saturated rings. The minimum atomic E-state index is -0.425. The first-order chi connectivity index (χ1) is 15.0. The number of ether oxygens (including phenoxy) is 2. The van der Waals surface area contributed by atoms with Gasteiger partial charge in [-0.25, -0.2) is 18.9 Å². The van der Waals surface area contributed by atoms with Crippen LogP contribution in [0.5, 0.6) is 11.6 Å². The number of amides is 1. The first kappa shape index (κ1) is 18.3. The lowest BCUT2D eigenvalue weighted by Crippen LogP contribution is -2.60. The molecule has 1 N–H and O–H groups in total. The lowest BCUT2D eigenvalue weighted by Gasteiger charge is -2.53. The number of anilines is 1. The Bertz CT molecular complexity index is 1210. The van der Waals surface area contributed by atoms with Crippen LogP contribution in [-0.2, 0) is 6.54 Å². The molecule has 6 rings (SSSR count). The SMILES string of the molecule is C[C@@H]1COc2ncc(F)cc2CN2c3nc4c(cnn4cc3OCC23CCC3)C(=O)N1. The van der Waals surface area contributed by atoms with Crippen molar-refractivity contribution in [2.75, 3.05) is 18.1 Å². The number of nitrogens with one attached hydrogen (secondary N) is 1. The van der Waals surface area contributed by atoms with Crippen molar-refractivity contribution in [2.24, 2.45) is 0 Å². The predicted octanol–water partition coefficient (Wildman–Crippen LogP) is 2.10. The van der Waals surface area contributed by atoms with Crippen molar-refractivity contribution >= 4 is 17.4 Å². The lowest BCUT2D eigenvalue weighted by atomic mass is 9.75. The maximum atomic E-state index is 14.1. The Morgan fingerprint density at radius 2 is 2.16 bits per heavy atom. The molecule has 10 heteroatoms. The van der Waals surface area contributed by atoms with Gasteiger partial charge in [-0.2, -0.15) is 5.10 Å². The maximum absolute atomic E-state index is 14.1. The van der Waals surface area contributed by atoms with Crippen molar-refractivity contribution in [3.8, 4) is 11.6 Å². The van der Waals surface area contributed by atoms with Gasteiger partial charge in [0, 0.05) is 5.56 Å². The summed E-state index contributed by atoms with van der Waals surface area (Å²) in [6.07, 6.45) is 7.37. The molecule has 1 aliphatic carbocycles. The van der Waals surface area contributed by atoms with Gasteiger partial charge in [0.05, 0.1) is 36.7 Å². The molecule has 0 aromatic carbocycles. The molecular weight excluding hydrogens is 403 g/mol. The highest BCUT2D eigenvalue weighted by molar-refractivity contribution is 6.00. The number of carbonyl (C=O) groups is 1. The summed E-state index contributed by atoms with van der Waals surface area (Å²) in [5, 5.41) is 7.19. The second-order valence-corrected chi connectivity index (χ2v) is 8.51. The van der Waals surface area contributed by atoms with Gasteiger partial charge < -0.3 is 19.7 Å². The maximum Gasteiger partial charge on any atom is 0.257 e. The Morgan fingerprint density at radius 1 is 1.29 bits per heavy atom. The summed E-state index contributed by atoms with van der Waals surface area (Å²) in [5.74, 6) is 0.844. The molecule has 3 aromatic heterocycles. The zero-order valence-corrected chi connectivity index (χ0v) is 17.0. The van der Waals surface area contributed by atoms with E-state index < -0.39 is 5.82 Å². The highest BCUT2D eigenvalue weighted by Crippen LogP contribution is 2.47. The number of nitrogens with zero attached hydrogens (tertiary/aromatic N) is 5. The Balaban J connectivity index is 1.56. The van der Waals surface area contributed by atoms with Crippen molar-refractivity contribution in [1.82, 2.24) is 24.9 Å². The van der Waals surface area contributed by atoms with Gasteiger partial charge >= 0.3 is 0 Å². The lowest BCUT2D eigenvalue weighted by molar-refractivity contribution is 0.0927. The van der Waals surface area contributed by atoms with Crippen LogP contribution < -0.4 is 19.7 Å². The van der Waals surface area contributed by atoms with Crippen LogP contribution in [0.15, 0.2) is 24.7 Å². The first-order valence-electron chi connectivity index (χ1n) is 10.4. The topological polar surface area (TPSA) is 93.9 Å². The van der Waals surface area contributed by atoms with Gasteiger partial charge in [0.25, 0.3) is 5.91 Å². The summed E-state index contributed by atoms with van der Waals surface area (Å²) in [7, 11) is 0. The Kier molecular flexibility index (Phi) is 3.87. The fraction of sp³-hybridized carbons (Fsp3) is 0.429. The number of hydrogen-bond donors (Lipinski definition) is 1. The van der Waals surface area contributed by atoms with Crippen LogP contribution in [0.2, 0.25) is 0 Å². The number of rotatable bonds is 0. The number of aromatic nitrogens is 4. The number of hydrogen-bond acceptors (Lipinski definition) is 7. The summed E-state index contributed by atoms with van der Waals surface area (Å²) < 4.78 is 27.7. The highest BCUT2D eigenvalue weighted by atomic mass is 19.1. The number of carbonyl (C=O) groups excluding carboxylic acids is 1. The normalized spacial score (nSPS) is 21.8. The summed E-state index contributed by atoms with van der Waals surface area (Å²) in [5.41, 5.74) is 1.24. The van der Waals surface area contributed by atoms with E-state index in [4.69, 9.17) is 14.5 Å². The standard InChI is InChI=1S/C21H21FN6O3/c1-12-10-30-20-13(5-14(22)6-23-20)8-27-18-16(31-11-21(27)3-2-4-21)9-28-17(26-18)15(7-24-28)19(29)25-12/h5-7,9,12H,2-4,8,10-11H2,1H3,(H,25,29)/t12-/m1/s1. The van der Waals surface area contributed by atoms with Crippen LogP contribution in [0.4, 0.5) is 10.2 Å². The van der Waals surface area contributed by atoms with Gasteiger partial charge in [0.15, 0.2) is 17.2 Å². The van der Waals surface area contributed by atoms with Gasteiger partial charge in [0.1, 0.15) is 24.6 Å². The molecule has 9 nitrogen and oxygen atoms in total. The third-order valence-electron chi connectivity index (χ3n) is 6.36. The summed E-state index contributed by atoms with van der Waals surface area (Å²) in [4.78, 5) is 24.0. The zero-order valence-electron chi connectivity index (χ0n) is 17.0. The predicted molar refractivity (Wildman–Crippen MR) is 108 cm³/mol. The van der Waals surface area contributed by atoms with Crippen molar-refractivity contribution in [3.63, 3.8) is 0 Å². The molecule has 1 amide bonds. The molecule has 3 aliphatic rings. The van der Waals surface area contributed by atoms with Crippen LogP contribution >= 0.6 is 0 Å². The van der Waals surface area contributed by atoms with E-state index in [-0.39, 0.29) is 24.1 Å². The molecule has 2 bridgehead atoms. The van der Waals surface area contributed by atoms with E-state index in [0.29, 0.717) is 47.4 Å². The fourth-order valence-corrected chi connectivity index (χ4v) is 4.53. The zero-order chi connectivity index (χ0) is 21.2. The van der Waals surface area contributed by atoms with Gasteiger partial charge in [-0.15, -0.1) is 0 Å². The largest absolute Gasteiger partial charge is 0.486 e. The van der Waals surface area contributed by atoms with Crippen molar-refractivity contribution < 1.29 is 18.7 Å². The van der Waals surface area contributed by atoms with E-state index >= 15 is 0 Å². The second kappa shape index (κ2) is 6.53. The summed E-state index contributed by atoms with van der Waals surface area (Å²) in [6.45, 7) is 2.92. The number of halogens is 1. The molecule has 31 heavy (non-hydrogen) atoms. The minimum absolute atomic E-state index is 0.201. The smallest absolute Gasteiger partial charge is 0.257 e. The highest BCUT2D eigenvalue weighted by Gasteiger charge is 2.48. The number of pyridine rings is 1. The van der Waals surface area contributed by atoms with Crippen molar-refractivity contribution in [2.45, 2.75) is 44.3 Å². The number of fused-ring (bicyclic) bond motifs is 2. The fourth-order valence-electron chi connectivity index (χ4n) is 4.53. The van der Waals surface area contributed by atoms with Crippen LogP contribution in [0.25, 0.3) is 5.65 Å². The van der Waals surface area contributed by atoms with Gasteiger partial charge in [-0.05, 0) is 32.3 Å². The molecule has 160 valence electrons. The quantitative estimate of drug-likeness (QED) is 0.591. The molecular formula is C21H21FN6O3. The molecule has 1 spiro atoms. The molecule has 2 aliphatic heterocycles. The average Bonchev–Trinajstić information content (AvgIpc) is 3.13. The molecule has 1 atom stereocenters. The molecule has 3 aromatic rings. The van der Waals surface area contributed by atoms with Crippen molar-refractivity contribution in [1.29, 1.82) is 0 Å². The van der Waals surface area contributed by atoms with Gasteiger partial charge in [-0.1, -0.05) is 0 Å². The van der Waals surface area contributed by atoms with E-state index in [0.717, 1.165) is 25.5 Å². The third-order valence-corrected chi connectivity index (χ3v) is 6.36. The van der Waals surface area contributed by atoms with E-state index in [9.17, 15) is 9.18 Å².